The Morgan fingerprint density at radius 1 is 1.25 bits per heavy atom. The summed E-state index contributed by atoms with van der Waals surface area (Å²) in [6, 6.07) is 9.41. The average Bonchev–Trinajstić information content (AvgIpc) is 3.29. The van der Waals surface area contributed by atoms with Gasteiger partial charge in [-0.3, -0.25) is 9.19 Å². The Kier molecular flexibility index (Phi) is 6.90. The van der Waals surface area contributed by atoms with Crippen LogP contribution in [0.2, 0.25) is 0 Å². The zero-order valence-electron chi connectivity index (χ0n) is 16.2. The third-order valence-corrected chi connectivity index (χ3v) is 5.66. The van der Waals surface area contributed by atoms with Crippen LogP contribution < -0.4 is 4.74 Å². The number of aromatic nitrogens is 3. The first-order valence-corrected chi connectivity index (χ1v) is 10.0. The van der Waals surface area contributed by atoms with E-state index in [2.05, 4.69) is 15.0 Å². The number of aromatic amines is 1. The molecule has 9 heteroatoms. The molecule has 0 saturated carbocycles. The summed E-state index contributed by atoms with van der Waals surface area (Å²) in [5, 5.41) is 0.448. The summed E-state index contributed by atoms with van der Waals surface area (Å²) in [7, 11) is -1.33. The van der Waals surface area contributed by atoms with E-state index in [1.54, 1.807) is 12.3 Å². The Hall–Kier alpha value is -1.29. The van der Waals surface area contributed by atoms with Crippen LogP contribution in [-0.4, -0.2) is 74.3 Å². The Bertz CT molecular complexity index is 955. The number of pyridine rings is 1. The minimum absolute atomic E-state index is 0. The number of nitrogens with zero attached hydrogens (tertiary/aromatic N) is 2. The predicted octanol–water partition coefficient (Wildman–Crippen LogP) is 2.34. The van der Waals surface area contributed by atoms with Crippen LogP contribution in [0.3, 0.4) is 0 Å². The number of para-hydroxylation sites is 2. The van der Waals surface area contributed by atoms with Crippen molar-refractivity contribution < 1.29 is 18.4 Å². The van der Waals surface area contributed by atoms with Crippen LogP contribution in [0.25, 0.3) is 11.0 Å². The van der Waals surface area contributed by atoms with Crippen LogP contribution in [0.15, 0.2) is 41.7 Å². The van der Waals surface area contributed by atoms with Crippen molar-refractivity contribution in [1.29, 1.82) is 0 Å². The van der Waals surface area contributed by atoms with E-state index in [0.29, 0.717) is 29.8 Å². The van der Waals surface area contributed by atoms with Gasteiger partial charge in [0.15, 0.2) is 10.9 Å². The van der Waals surface area contributed by atoms with E-state index in [0.717, 1.165) is 16.6 Å². The topological polar surface area (TPSA) is 86.3 Å². The molecule has 4 rings (SSSR count). The van der Waals surface area contributed by atoms with Crippen molar-refractivity contribution in [2.75, 3.05) is 19.8 Å². The molecular weight excluding hydrogens is 389 g/mol. The normalized spacial score (nSPS) is 16.6. The van der Waals surface area contributed by atoms with E-state index in [9.17, 15) is 4.21 Å². The molecule has 1 N–H and O–H groups in total. The van der Waals surface area contributed by atoms with E-state index in [4.69, 9.17) is 14.2 Å². The Morgan fingerprint density at radius 3 is 2.75 bits per heavy atom. The van der Waals surface area contributed by atoms with Gasteiger partial charge in [-0.2, -0.15) is 0 Å². The van der Waals surface area contributed by atoms with E-state index < -0.39 is 16.6 Å². The van der Waals surface area contributed by atoms with Gasteiger partial charge in [0.25, 0.3) is 0 Å². The molecule has 7 nitrogen and oxygen atoms in total. The SMILES string of the molecule is Cc1c(OCC2(C)OCCO2)ccnc1CS(=O)c1nc2ccccc2[nH]1.[Na]. The van der Waals surface area contributed by atoms with Crippen LogP contribution in [0.1, 0.15) is 18.2 Å². The summed E-state index contributed by atoms with van der Waals surface area (Å²) in [6.45, 7) is 5.18. The summed E-state index contributed by atoms with van der Waals surface area (Å²) in [4.78, 5) is 11.9. The zero-order valence-corrected chi connectivity index (χ0v) is 19.0. The molecule has 2 aromatic heterocycles. The number of ether oxygens (including phenoxy) is 3. The molecule has 1 radical (unpaired) electrons. The van der Waals surface area contributed by atoms with Crippen molar-refractivity contribution in [2.24, 2.45) is 0 Å². The molecule has 0 bridgehead atoms. The molecule has 28 heavy (non-hydrogen) atoms. The Balaban J connectivity index is 0.00000225. The zero-order chi connectivity index (χ0) is 18.9. The third kappa shape index (κ3) is 4.64. The molecular formula is C19H21N3NaO4S. The quantitative estimate of drug-likeness (QED) is 0.628. The molecule has 1 atom stereocenters. The molecule has 1 fully saturated rings. The molecule has 0 aliphatic carbocycles. The van der Waals surface area contributed by atoms with Gasteiger partial charge in [-0.05, 0) is 32.0 Å². The van der Waals surface area contributed by atoms with Crippen LogP contribution in [0.5, 0.6) is 5.75 Å². The van der Waals surface area contributed by atoms with Gasteiger partial charge >= 0.3 is 0 Å². The van der Waals surface area contributed by atoms with Gasteiger partial charge in [-0.15, -0.1) is 0 Å². The standard InChI is InChI=1S/C19H21N3O4S.Na/c1-13-16(11-27(23)18-21-14-5-3-4-6-15(14)22-18)20-8-7-17(13)24-12-19(2)25-9-10-26-19;/h3-8H,9-12H2,1-2H3,(H,21,22);. The number of hydrogen-bond acceptors (Lipinski definition) is 6. The minimum Gasteiger partial charge on any atom is -0.488 e. The van der Waals surface area contributed by atoms with Gasteiger partial charge in [-0.25, -0.2) is 4.98 Å². The predicted molar refractivity (Wildman–Crippen MR) is 107 cm³/mol. The number of benzene rings is 1. The molecule has 1 aromatic carbocycles. The van der Waals surface area contributed by atoms with Crippen LogP contribution in [-0.2, 0) is 26.0 Å². The number of hydrogen-bond donors (Lipinski definition) is 1. The van der Waals surface area contributed by atoms with Crippen LogP contribution in [0, 0.1) is 6.92 Å². The maximum Gasteiger partial charge on any atom is 0.200 e. The first-order valence-electron chi connectivity index (χ1n) is 8.72. The number of imidazole rings is 1. The fourth-order valence-corrected chi connectivity index (χ4v) is 4.04. The van der Waals surface area contributed by atoms with E-state index in [1.807, 2.05) is 38.1 Å². The van der Waals surface area contributed by atoms with Crippen molar-refractivity contribution in [2.45, 2.75) is 30.5 Å². The van der Waals surface area contributed by atoms with Crippen molar-refractivity contribution >= 4 is 51.4 Å². The minimum atomic E-state index is -1.33. The van der Waals surface area contributed by atoms with Crippen molar-refractivity contribution in [1.82, 2.24) is 15.0 Å². The molecule has 3 aromatic rings. The largest absolute Gasteiger partial charge is 0.488 e. The monoisotopic (exact) mass is 410 g/mol. The van der Waals surface area contributed by atoms with E-state index in [-0.39, 0.29) is 41.9 Å². The average molecular weight is 410 g/mol. The van der Waals surface area contributed by atoms with Gasteiger partial charge in [0.05, 0.1) is 46.5 Å². The molecule has 143 valence electrons. The fourth-order valence-electron chi connectivity index (χ4n) is 2.94. The molecule has 1 aliphatic rings. The first-order chi connectivity index (χ1) is 13.0. The Labute approximate surface area is 187 Å². The first kappa shape index (κ1) is 21.4. The molecule has 0 spiro atoms. The second kappa shape index (κ2) is 9.02. The number of fused-ring (bicyclic) bond motifs is 1. The summed E-state index contributed by atoms with van der Waals surface area (Å²) in [5.41, 5.74) is 3.23. The smallest absolute Gasteiger partial charge is 0.200 e. The van der Waals surface area contributed by atoms with Crippen molar-refractivity contribution in [3.63, 3.8) is 0 Å². The van der Waals surface area contributed by atoms with Gasteiger partial charge < -0.3 is 19.2 Å². The van der Waals surface area contributed by atoms with Gasteiger partial charge in [-0.1, -0.05) is 12.1 Å². The Morgan fingerprint density at radius 2 is 2.00 bits per heavy atom. The van der Waals surface area contributed by atoms with Crippen LogP contribution in [0.4, 0.5) is 0 Å². The maximum atomic E-state index is 12.8. The molecule has 1 saturated heterocycles. The van der Waals surface area contributed by atoms with Gasteiger partial charge in [0.1, 0.15) is 12.4 Å². The number of nitrogens with one attached hydrogen (secondary N) is 1. The van der Waals surface area contributed by atoms with Crippen LogP contribution >= 0.6 is 0 Å². The van der Waals surface area contributed by atoms with E-state index in [1.165, 1.54) is 0 Å². The number of rotatable bonds is 6. The molecule has 1 aliphatic heterocycles. The van der Waals surface area contributed by atoms with Crippen molar-refractivity contribution in [3.05, 3.63) is 47.8 Å². The molecule has 0 amide bonds. The second-order valence-electron chi connectivity index (χ2n) is 6.55. The molecule has 3 heterocycles. The van der Waals surface area contributed by atoms with Crippen molar-refractivity contribution in [3.8, 4) is 5.75 Å². The van der Waals surface area contributed by atoms with Gasteiger partial charge in [0, 0.05) is 41.3 Å². The second-order valence-corrected chi connectivity index (χ2v) is 7.92. The maximum absolute atomic E-state index is 12.8. The summed E-state index contributed by atoms with van der Waals surface area (Å²) in [5.74, 6) is 0.210. The summed E-state index contributed by atoms with van der Waals surface area (Å²) >= 11 is 0. The summed E-state index contributed by atoms with van der Waals surface area (Å²) < 4.78 is 29.8. The number of H-pyrrole nitrogens is 1. The fraction of sp³-hybridized carbons (Fsp3) is 0.368. The third-order valence-electron chi connectivity index (χ3n) is 4.50. The summed E-state index contributed by atoms with van der Waals surface area (Å²) in [6.07, 6.45) is 1.66. The van der Waals surface area contributed by atoms with Gasteiger partial charge in [0.2, 0.25) is 0 Å². The molecule has 1 unspecified atom stereocenters. The van der Waals surface area contributed by atoms with E-state index >= 15 is 0 Å².